The molecule has 1 fully saturated rings. The maximum atomic E-state index is 4.09. The summed E-state index contributed by atoms with van der Waals surface area (Å²) in [5.74, 6) is 0.678. The van der Waals surface area contributed by atoms with Gasteiger partial charge in [-0.1, -0.05) is 30.3 Å². The van der Waals surface area contributed by atoms with Crippen LogP contribution in [0.4, 0.5) is 0 Å². The SMILES string of the molecule is c1ccc(CN2CC[C@H](c3ccncc3)C2)cc1. The summed E-state index contributed by atoms with van der Waals surface area (Å²) in [5.41, 5.74) is 2.84. The molecule has 2 aromatic rings. The lowest BCUT2D eigenvalue weighted by atomic mass is 10.00. The topological polar surface area (TPSA) is 16.1 Å². The van der Waals surface area contributed by atoms with Crippen LogP contribution in [0.2, 0.25) is 0 Å². The number of rotatable bonds is 3. The molecule has 1 aromatic carbocycles. The highest BCUT2D eigenvalue weighted by molar-refractivity contribution is 5.19. The molecule has 18 heavy (non-hydrogen) atoms. The third-order valence-electron chi connectivity index (χ3n) is 3.70. The standard InChI is InChI=1S/C16H18N2/c1-2-4-14(5-3-1)12-18-11-8-16(13-18)15-6-9-17-10-7-15/h1-7,9-10,16H,8,11-13H2/t16-/m0/s1. The second-order valence-electron chi connectivity index (χ2n) is 4.99. The third kappa shape index (κ3) is 2.59. The van der Waals surface area contributed by atoms with Gasteiger partial charge in [0.2, 0.25) is 0 Å². The van der Waals surface area contributed by atoms with Crippen molar-refractivity contribution in [1.29, 1.82) is 0 Å². The zero-order valence-corrected chi connectivity index (χ0v) is 10.5. The molecule has 0 saturated carbocycles. The summed E-state index contributed by atoms with van der Waals surface area (Å²) in [6.45, 7) is 3.43. The molecule has 0 radical (unpaired) electrons. The van der Waals surface area contributed by atoms with Crippen molar-refractivity contribution in [1.82, 2.24) is 9.88 Å². The largest absolute Gasteiger partial charge is 0.298 e. The van der Waals surface area contributed by atoms with Crippen molar-refractivity contribution in [3.05, 3.63) is 66.0 Å². The van der Waals surface area contributed by atoms with Crippen molar-refractivity contribution in [2.45, 2.75) is 18.9 Å². The van der Waals surface area contributed by atoms with Crippen LogP contribution >= 0.6 is 0 Å². The van der Waals surface area contributed by atoms with Gasteiger partial charge in [0.15, 0.2) is 0 Å². The molecule has 0 unspecified atom stereocenters. The molecule has 0 bridgehead atoms. The molecule has 1 aromatic heterocycles. The lowest BCUT2D eigenvalue weighted by Gasteiger charge is -2.16. The number of hydrogen-bond acceptors (Lipinski definition) is 2. The molecule has 92 valence electrons. The second kappa shape index (κ2) is 5.32. The van der Waals surface area contributed by atoms with Crippen molar-refractivity contribution in [3.63, 3.8) is 0 Å². The summed E-state index contributed by atoms with van der Waals surface area (Å²) in [7, 11) is 0. The average Bonchev–Trinajstić information content (AvgIpc) is 2.89. The van der Waals surface area contributed by atoms with E-state index < -0.39 is 0 Å². The van der Waals surface area contributed by atoms with E-state index in [4.69, 9.17) is 0 Å². The fourth-order valence-corrected chi connectivity index (χ4v) is 2.73. The fourth-order valence-electron chi connectivity index (χ4n) is 2.73. The Labute approximate surface area is 108 Å². The van der Waals surface area contributed by atoms with Gasteiger partial charge in [-0.3, -0.25) is 9.88 Å². The molecule has 1 atom stereocenters. The first-order valence-electron chi connectivity index (χ1n) is 6.58. The maximum Gasteiger partial charge on any atom is 0.0270 e. The lowest BCUT2D eigenvalue weighted by Crippen LogP contribution is -2.19. The molecular weight excluding hydrogens is 220 g/mol. The fraction of sp³-hybridized carbons (Fsp3) is 0.312. The first-order chi connectivity index (χ1) is 8.92. The van der Waals surface area contributed by atoms with Crippen LogP contribution in [0.5, 0.6) is 0 Å². The molecule has 1 saturated heterocycles. The zero-order chi connectivity index (χ0) is 12.2. The predicted molar refractivity (Wildman–Crippen MR) is 73.3 cm³/mol. The van der Waals surface area contributed by atoms with E-state index in [9.17, 15) is 0 Å². The highest BCUT2D eigenvalue weighted by atomic mass is 15.1. The van der Waals surface area contributed by atoms with Crippen LogP contribution in [0.25, 0.3) is 0 Å². The quantitative estimate of drug-likeness (QED) is 0.817. The summed E-state index contributed by atoms with van der Waals surface area (Å²) in [5, 5.41) is 0. The molecule has 1 aliphatic heterocycles. The average molecular weight is 238 g/mol. The first-order valence-corrected chi connectivity index (χ1v) is 6.58. The Morgan fingerprint density at radius 1 is 1.06 bits per heavy atom. The number of likely N-dealkylation sites (tertiary alicyclic amines) is 1. The number of hydrogen-bond donors (Lipinski definition) is 0. The molecule has 1 aliphatic rings. The minimum Gasteiger partial charge on any atom is -0.298 e. The van der Waals surface area contributed by atoms with Crippen molar-refractivity contribution in [2.75, 3.05) is 13.1 Å². The van der Waals surface area contributed by atoms with Gasteiger partial charge in [-0.15, -0.1) is 0 Å². The number of benzene rings is 1. The number of nitrogens with zero attached hydrogens (tertiary/aromatic N) is 2. The van der Waals surface area contributed by atoms with E-state index in [0.717, 1.165) is 6.54 Å². The van der Waals surface area contributed by atoms with Crippen molar-refractivity contribution >= 4 is 0 Å². The van der Waals surface area contributed by atoms with Gasteiger partial charge in [0, 0.05) is 25.5 Å². The third-order valence-corrected chi connectivity index (χ3v) is 3.70. The van der Waals surface area contributed by atoms with Crippen LogP contribution in [0.3, 0.4) is 0 Å². The summed E-state index contributed by atoms with van der Waals surface area (Å²) in [6.07, 6.45) is 5.06. The van der Waals surface area contributed by atoms with Crippen LogP contribution in [0.1, 0.15) is 23.5 Å². The van der Waals surface area contributed by atoms with Crippen molar-refractivity contribution in [2.24, 2.45) is 0 Å². The Morgan fingerprint density at radius 2 is 1.83 bits per heavy atom. The summed E-state index contributed by atoms with van der Waals surface area (Å²) in [4.78, 5) is 6.63. The van der Waals surface area contributed by atoms with Gasteiger partial charge in [-0.2, -0.15) is 0 Å². The Bertz CT molecular complexity index is 481. The Balaban J connectivity index is 1.62. The minimum atomic E-state index is 0.678. The van der Waals surface area contributed by atoms with Gasteiger partial charge in [-0.25, -0.2) is 0 Å². The Kier molecular flexibility index (Phi) is 3.37. The van der Waals surface area contributed by atoms with Gasteiger partial charge >= 0.3 is 0 Å². The molecule has 0 aliphatic carbocycles. The van der Waals surface area contributed by atoms with Crippen LogP contribution in [-0.2, 0) is 6.54 Å². The van der Waals surface area contributed by atoms with E-state index in [2.05, 4.69) is 52.3 Å². The van der Waals surface area contributed by atoms with E-state index >= 15 is 0 Å². The normalized spacial score (nSPS) is 20.1. The van der Waals surface area contributed by atoms with Crippen LogP contribution in [0.15, 0.2) is 54.9 Å². The second-order valence-corrected chi connectivity index (χ2v) is 4.99. The van der Waals surface area contributed by atoms with Gasteiger partial charge in [-0.05, 0) is 42.1 Å². The van der Waals surface area contributed by atoms with Crippen LogP contribution in [0, 0.1) is 0 Å². The predicted octanol–water partition coefficient (Wildman–Crippen LogP) is 3.07. The summed E-state index contributed by atoms with van der Waals surface area (Å²) >= 11 is 0. The summed E-state index contributed by atoms with van der Waals surface area (Å²) < 4.78 is 0. The summed E-state index contributed by atoms with van der Waals surface area (Å²) in [6, 6.07) is 15.0. The maximum absolute atomic E-state index is 4.09. The van der Waals surface area contributed by atoms with Crippen molar-refractivity contribution < 1.29 is 0 Å². The molecule has 2 nitrogen and oxygen atoms in total. The van der Waals surface area contributed by atoms with Crippen LogP contribution in [-0.4, -0.2) is 23.0 Å². The minimum absolute atomic E-state index is 0.678. The van der Waals surface area contributed by atoms with E-state index in [1.54, 1.807) is 0 Å². The van der Waals surface area contributed by atoms with Gasteiger partial charge in [0.05, 0.1) is 0 Å². The molecule has 0 N–H and O–H groups in total. The smallest absolute Gasteiger partial charge is 0.0270 e. The zero-order valence-electron chi connectivity index (χ0n) is 10.5. The lowest BCUT2D eigenvalue weighted by molar-refractivity contribution is 0.327. The molecule has 3 rings (SSSR count). The molecule has 0 amide bonds. The number of pyridine rings is 1. The van der Waals surface area contributed by atoms with Gasteiger partial charge in [0.25, 0.3) is 0 Å². The Morgan fingerprint density at radius 3 is 2.61 bits per heavy atom. The van der Waals surface area contributed by atoms with Gasteiger partial charge < -0.3 is 0 Å². The van der Waals surface area contributed by atoms with Crippen LogP contribution < -0.4 is 0 Å². The first kappa shape index (κ1) is 11.4. The Hall–Kier alpha value is -1.67. The highest BCUT2D eigenvalue weighted by Gasteiger charge is 2.23. The molecule has 2 heteroatoms. The van der Waals surface area contributed by atoms with E-state index in [1.807, 2.05) is 12.4 Å². The van der Waals surface area contributed by atoms with E-state index in [1.165, 1.54) is 30.6 Å². The van der Waals surface area contributed by atoms with E-state index in [-0.39, 0.29) is 0 Å². The van der Waals surface area contributed by atoms with Crippen molar-refractivity contribution in [3.8, 4) is 0 Å². The van der Waals surface area contributed by atoms with E-state index in [0.29, 0.717) is 5.92 Å². The monoisotopic (exact) mass is 238 g/mol. The van der Waals surface area contributed by atoms with Gasteiger partial charge in [0.1, 0.15) is 0 Å². The molecule has 0 spiro atoms. The number of aromatic nitrogens is 1. The molecular formula is C16H18N2. The highest BCUT2D eigenvalue weighted by Crippen LogP contribution is 2.27. The molecule has 2 heterocycles.